The maximum Gasteiger partial charge on any atom is 0.573 e. The van der Waals surface area contributed by atoms with Crippen LogP contribution in [0, 0.1) is 0 Å². The lowest BCUT2D eigenvalue weighted by atomic mass is 10.1. The van der Waals surface area contributed by atoms with Gasteiger partial charge in [0.15, 0.2) is 5.82 Å². The molecule has 1 aliphatic heterocycles. The van der Waals surface area contributed by atoms with E-state index < -0.39 is 6.36 Å². The largest absolute Gasteiger partial charge is 0.573 e. The van der Waals surface area contributed by atoms with Crippen molar-refractivity contribution in [1.82, 2.24) is 15.1 Å². The minimum Gasteiger partial charge on any atom is -0.494 e. The van der Waals surface area contributed by atoms with Crippen LogP contribution in [0.5, 0.6) is 11.5 Å². The molecule has 35 heavy (non-hydrogen) atoms. The number of carbonyl (C=O) groups is 1. The van der Waals surface area contributed by atoms with Crippen LogP contribution in [0.3, 0.4) is 0 Å². The zero-order valence-corrected chi connectivity index (χ0v) is 19.0. The van der Waals surface area contributed by atoms with Crippen molar-refractivity contribution in [2.24, 2.45) is 0 Å². The molecule has 1 N–H and O–H groups in total. The normalized spacial score (nSPS) is 13.9. The number of hydrogen-bond donors (Lipinski definition) is 1. The molecule has 0 unspecified atom stereocenters. The first-order valence-corrected chi connectivity index (χ1v) is 11.0. The number of aromatic nitrogens is 2. The molecule has 8 nitrogen and oxygen atoms in total. The smallest absolute Gasteiger partial charge is 0.494 e. The Bertz CT molecular complexity index is 1120. The molecule has 2 aromatic carbocycles. The molecular weight excluding hydrogens is 463 g/mol. The summed E-state index contributed by atoms with van der Waals surface area (Å²) in [6, 6.07) is 16.1. The third kappa shape index (κ3) is 6.52. The van der Waals surface area contributed by atoms with Gasteiger partial charge in [-0.3, -0.25) is 0 Å². The van der Waals surface area contributed by atoms with E-state index >= 15 is 0 Å². The molecule has 2 amide bonds. The topological polar surface area (TPSA) is 79.8 Å². The molecule has 1 fully saturated rings. The van der Waals surface area contributed by atoms with Gasteiger partial charge in [-0.15, -0.1) is 23.4 Å². The summed E-state index contributed by atoms with van der Waals surface area (Å²) >= 11 is 0. The number of benzene rings is 2. The van der Waals surface area contributed by atoms with Gasteiger partial charge in [0.2, 0.25) is 0 Å². The van der Waals surface area contributed by atoms with Gasteiger partial charge in [-0.1, -0.05) is 0 Å². The van der Waals surface area contributed by atoms with Crippen LogP contribution in [0.15, 0.2) is 60.7 Å². The van der Waals surface area contributed by atoms with Crippen LogP contribution in [0.1, 0.15) is 6.92 Å². The molecular formula is C24H24F3N5O3. The van der Waals surface area contributed by atoms with Gasteiger partial charge >= 0.3 is 12.4 Å². The lowest BCUT2D eigenvalue weighted by Gasteiger charge is -2.35. The highest BCUT2D eigenvalue weighted by Crippen LogP contribution is 2.25. The van der Waals surface area contributed by atoms with Gasteiger partial charge in [0.25, 0.3) is 0 Å². The zero-order chi connectivity index (χ0) is 24.8. The van der Waals surface area contributed by atoms with Crippen LogP contribution in [0.4, 0.5) is 29.5 Å². The summed E-state index contributed by atoms with van der Waals surface area (Å²) < 4.78 is 46.1. The fourth-order valence-electron chi connectivity index (χ4n) is 3.62. The van der Waals surface area contributed by atoms with Crippen LogP contribution < -0.4 is 19.7 Å². The maximum atomic E-state index is 12.5. The third-order valence-electron chi connectivity index (χ3n) is 5.34. The third-order valence-corrected chi connectivity index (χ3v) is 5.34. The maximum absolute atomic E-state index is 12.5. The highest BCUT2D eigenvalue weighted by Gasteiger charge is 2.31. The number of alkyl halides is 3. The molecule has 11 heteroatoms. The number of anilines is 2. The van der Waals surface area contributed by atoms with Gasteiger partial charge in [-0.05, 0) is 67.6 Å². The van der Waals surface area contributed by atoms with Gasteiger partial charge < -0.3 is 24.6 Å². The average Bonchev–Trinajstić information content (AvgIpc) is 2.85. The van der Waals surface area contributed by atoms with Crippen LogP contribution in [0.2, 0.25) is 0 Å². The zero-order valence-electron chi connectivity index (χ0n) is 19.0. The second-order valence-electron chi connectivity index (χ2n) is 7.71. The van der Waals surface area contributed by atoms with Gasteiger partial charge in [-0.2, -0.15) is 0 Å². The van der Waals surface area contributed by atoms with E-state index in [2.05, 4.69) is 20.3 Å². The number of urea groups is 1. The second-order valence-corrected chi connectivity index (χ2v) is 7.71. The van der Waals surface area contributed by atoms with E-state index in [1.807, 2.05) is 48.2 Å². The van der Waals surface area contributed by atoms with Crippen molar-refractivity contribution in [3.8, 4) is 22.8 Å². The fraction of sp³-hybridized carbons (Fsp3) is 0.292. The first-order valence-electron chi connectivity index (χ1n) is 11.0. The van der Waals surface area contributed by atoms with E-state index in [4.69, 9.17) is 4.74 Å². The van der Waals surface area contributed by atoms with E-state index in [0.717, 1.165) is 35.0 Å². The Hall–Kier alpha value is -4.02. The standard InChI is InChI=1S/C24H24F3N5O3/c1-2-34-19-7-3-17(4-8-19)21-11-12-22(30-29-21)31-13-15-32(16-14-31)23(33)28-18-5-9-20(10-6-18)35-24(25,26)27/h3-12H,2,13-16H2,1H3,(H,28,33). The second kappa shape index (κ2) is 10.5. The Morgan fingerprint density at radius 1 is 0.914 bits per heavy atom. The van der Waals surface area contributed by atoms with E-state index in [1.165, 1.54) is 12.1 Å². The summed E-state index contributed by atoms with van der Waals surface area (Å²) in [6.07, 6.45) is -4.76. The number of halogens is 3. The predicted octanol–water partition coefficient (Wildman–Crippen LogP) is 4.80. The number of carbonyl (C=O) groups excluding carboxylic acids is 1. The van der Waals surface area contributed by atoms with E-state index in [0.29, 0.717) is 38.5 Å². The van der Waals surface area contributed by atoms with Crippen LogP contribution in [-0.4, -0.2) is 60.3 Å². The molecule has 1 aliphatic rings. The summed E-state index contributed by atoms with van der Waals surface area (Å²) in [7, 11) is 0. The summed E-state index contributed by atoms with van der Waals surface area (Å²) in [6.45, 7) is 4.61. The molecule has 0 atom stereocenters. The average molecular weight is 487 g/mol. The first-order chi connectivity index (χ1) is 16.8. The predicted molar refractivity (Wildman–Crippen MR) is 125 cm³/mol. The Labute approximate surface area is 200 Å². The van der Waals surface area contributed by atoms with E-state index in [9.17, 15) is 18.0 Å². The summed E-state index contributed by atoms with van der Waals surface area (Å²) in [5.74, 6) is 1.17. The van der Waals surface area contributed by atoms with Gasteiger partial charge in [0, 0.05) is 37.4 Å². The van der Waals surface area contributed by atoms with Crippen molar-refractivity contribution < 1.29 is 27.4 Å². The molecule has 0 spiro atoms. The van der Waals surface area contributed by atoms with Crippen molar-refractivity contribution in [3.63, 3.8) is 0 Å². The highest BCUT2D eigenvalue weighted by atomic mass is 19.4. The Morgan fingerprint density at radius 3 is 2.14 bits per heavy atom. The number of nitrogens with one attached hydrogen (secondary N) is 1. The van der Waals surface area contributed by atoms with Crippen LogP contribution >= 0.6 is 0 Å². The lowest BCUT2D eigenvalue weighted by molar-refractivity contribution is -0.274. The molecule has 3 aromatic rings. The molecule has 0 aliphatic carbocycles. The van der Waals surface area contributed by atoms with Crippen molar-refractivity contribution in [2.75, 3.05) is 43.0 Å². The van der Waals surface area contributed by atoms with E-state index in [-0.39, 0.29) is 11.8 Å². The number of piperazine rings is 1. The van der Waals surface area contributed by atoms with Crippen LogP contribution in [-0.2, 0) is 0 Å². The molecule has 0 radical (unpaired) electrons. The van der Waals surface area contributed by atoms with Crippen molar-refractivity contribution in [3.05, 3.63) is 60.7 Å². The van der Waals surface area contributed by atoms with Crippen molar-refractivity contribution in [2.45, 2.75) is 13.3 Å². The minimum absolute atomic E-state index is 0.328. The SMILES string of the molecule is CCOc1ccc(-c2ccc(N3CCN(C(=O)Nc4ccc(OC(F)(F)F)cc4)CC3)nn2)cc1. The monoisotopic (exact) mass is 487 g/mol. The Morgan fingerprint density at radius 2 is 1.57 bits per heavy atom. The van der Waals surface area contributed by atoms with Gasteiger partial charge in [0.05, 0.1) is 12.3 Å². The number of nitrogens with zero attached hydrogens (tertiary/aromatic N) is 4. The Balaban J connectivity index is 1.28. The minimum atomic E-state index is -4.76. The quantitative estimate of drug-likeness (QED) is 0.538. The first kappa shape index (κ1) is 24.1. The summed E-state index contributed by atoms with van der Waals surface area (Å²) in [4.78, 5) is 16.2. The molecule has 184 valence electrons. The van der Waals surface area contributed by atoms with Crippen LogP contribution in [0.25, 0.3) is 11.3 Å². The number of ether oxygens (including phenoxy) is 2. The molecule has 4 rings (SSSR count). The summed E-state index contributed by atoms with van der Waals surface area (Å²) in [5, 5.41) is 11.4. The van der Waals surface area contributed by atoms with Crippen molar-refractivity contribution in [1.29, 1.82) is 0 Å². The number of rotatable bonds is 6. The van der Waals surface area contributed by atoms with Gasteiger partial charge in [-0.25, -0.2) is 4.79 Å². The lowest BCUT2D eigenvalue weighted by Crippen LogP contribution is -2.50. The van der Waals surface area contributed by atoms with Crippen molar-refractivity contribution >= 4 is 17.5 Å². The van der Waals surface area contributed by atoms with E-state index in [1.54, 1.807) is 4.90 Å². The van der Waals surface area contributed by atoms with Gasteiger partial charge in [0.1, 0.15) is 11.5 Å². The highest BCUT2D eigenvalue weighted by molar-refractivity contribution is 5.89. The molecule has 0 bridgehead atoms. The fourth-order valence-corrected chi connectivity index (χ4v) is 3.62. The molecule has 1 aromatic heterocycles. The number of amides is 2. The molecule has 1 saturated heterocycles. The summed E-state index contributed by atoms with van der Waals surface area (Å²) in [5.41, 5.74) is 2.07. The molecule has 2 heterocycles. The molecule has 0 saturated carbocycles. The number of hydrogen-bond acceptors (Lipinski definition) is 6. The Kier molecular flexibility index (Phi) is 7.23.